The Kier molecular flexibility index (Phi) is 5.14. The second-order valence-corrected chi connectivity index (χ2v) is 6.76. The Morgan fingerprint density at radius 1 is 1.28 bits per heavy atom. The molecule has 0 saturated carbocycles. The molecule has 130 valence electrons. The van der Waals surface area contributed by atoms with Crippen LogP contribution in [0.2, 0.25) is 0 Å². The number of nitrogens with zero attached hydrogens (tertiary/aromatic N) is 4. The lowest BCUT2D eigenvalue weighted by molar-refractivity contribution is 0.624. The minimum Gasteiger partial charge on any atom is -0.330 e. The Bertz CT molecular complexity index is 902. The van der Waals surface area contributed by atoms with Gasteiger partial charge in [-0.3, -0.25) is 9.36 Å². The fourth-order valence-electron chi connectivity index (χ4n) is 2.22. The third-order valence-corrected chi connectivity index (χ3v) is 4.47. The third kappa shape index (κ3) is 4.23. The van der Waals surface area contributed by atoms with E-state index in [1.807, 2.05) is 20.2 Å². The minimum absolute atomic E-state index is 0.255. The molecule has 2 heterocycles. The van der Waals surface area contributed by atoms with Gasteiger partial charge in [0, 0.05) is 13.2 Å². The van der Waals surface area contributed by atoms with E-state index >= 15 is 0 Å². The Morgan fingerprint density at radius 2 is 2.00 bits per heavy atom. The smallest absolute Gasteiger partial charge is 0.176 e. The van der Waals surface area contributed by atoms with Crippen LogP contribution in [0.5, 0.6) is 0 Å². The normalized spacial score (nSPS) is 10.7. The lowest BCUT2D eigenvalue weighted by Crippen LogP contribution is -2.20. The Hall–Kier alpha value is -2.26. The van der Waals surface area contributed by atoms with Gasteiger partial charge < -0.3 is 10.6 Å². The molecule has 0 amide bonds. The maximum absolute atomic E-state index is 13.0. The highest BCUT2D eigenvalue weighted by molar-refractivity contribution is 9.10. The molecule has 0 spiro atoms. The summed E-state index contributed by atoms with van der Waals surface area (Å²) >= 11 is 8.79. The zero-order valence-corrected chi connectivity index (χ0v) is 16.0. The molecule has 0 saturated heterocycles. The molecule has 1 aromatic carbocycles. The number of hydrogen-bond acceptors (Lipinski definition) is 3. The summed E-state index contributed by atoms with van der Waals surface area (Å²) in [6.07, 6.45) is 3.55. The van der Waals surface area contributed by atoms with Gasteiger partial charge in [-0.15, -0.1) is 0 Å². The molecule has 0 aliphatic rings. The number of thiocarbonyl (C=S) groups is 1. The SMILES string of the molecule is Cc1c(NC(=S)Nc2nn(Cc3ccc(F)cc3)cc2Br)cnn1C. The molecule has 0 aliphatic heterocycles. The molecule has 0 bridgehead atoms. The van der Waals surface area contributed by atoms with Gasteiger partial charge in [0.1, 0.15) is 5.82 Å². The van der Waals surface area contributed by atoms with Crippen molar-refractivity contribution in [2.75, 3.05) is 10.6 Å². The highest BCUT2D eigenvalue weighted by Gasteiger charge is 2.11. The van der Waals surface area contributed by atoms with Crippen LogP contribution in [0.1, 0.15) is 11.3 Å². The quantitative estimate of drug-likeness (QED) is 0.627. The maximum atomic E-state index is 13.0. The van der Waals surface area contributed by atoms with Crippen LogP contribution in [0.25, 0.3) is 0 Å². The van der Waals surface area contributed by atoms with Crippen LogP contribution in [0.4, 0.5) is 15.9 Å². The summed E-state index contributed by atoms with van der Waals surface area (Å²) in [5.41, 5.74) is 2.77. The van der Waals surface area contributed by atoms with Crippen molar-refractivity contribution < 1.29 is 4.39 Å². The summed E-state index contributed by atoms with van der Waals surface area (Å²) < 4.78 is 17.3. The Balaban J connectivity index is 1.66. The molecule has 9 heteroatoms. The highest BCUT2D eigenvalue weighted by Crippen LogP contribution is 2.21. The maximum Gasteiger partial charge on any atom is 0.176 e. The fourth-order valence-corrected chi connectivity index (χ4v) is 2.84. The van der Waals surface area contributed by atoms with Gasteiger partial charge in [-0.2, -0.15) is 10.2 Å². The average Bonchev–Trinajstić information content (AvgIpc) is 3.06. The van der Waals surface area contributed by atoms with E-state index in [2.05, 4.69) is 36.8 Å². The van der Waals surface area contributed by atoms with Crippen LogP contribution in [0, 0.1) is 12.7 Å². The number of benzene rings is 1. The first-order chi connectivity index (χ1) is 11.9. The monoisotopic (exact) mass is 422 g/mol. The molecule has 3 rings (SSSR count). The van der Waals surface area contributed by atoms with E-state index in [1.165, 1.54) is 12.1 Å². The van der Waals surface area contributed by atoms with Crippen molar-refractivity contribution in [3.8, 4) is 0 Å². The number of hydrogen-bond donors (Lipinski definition) is 2. The van der Waals surface area contributed by atoms with Gasteiger partial charge >= 0.3 is 0 Å². The predicted octanol–water partition coefficient (Wildman–Crippen LogP) is 3.68. The molecule has 3 aromatic rings. The number of halogens is 2. The molecule has 6 nitrogen and oxygen atoms in total. The third-order valence-electron chi connectivity index (χ3n) is 3.69. The predicted molar refractivity (Wildman–Crippen MR) is 103 cm³/mol. The molecule has 0 fully saturated rings. The van der Waals surface area contributed by atoms with E-state index in [0.717, 1.165) is 21.4 Å². The summed E-state index contributed by atoms with van der Waals surface area (Å²) in [6, 6.07) is 6.33. The number of nitrogens with one attached hydrogen (secondary N) is 2. The van der Waals surface area contributed by atoms with Crippen LogP contribution in [0.15, 0.2) is 41.1 Å². The number of aromatic nitrogens is 4. The largest absolute Gasteiger partial charge is 0.330 e. The van der Waals surface area contributed by atoms with Crippen molar-refractivity contribution >= 4 is 44.8 Å². The van der Waals surface area contributed by atoms with Crippen molar-refractivity contribution in [1.29, 1.82) is 0 Å². The van der Waals surface area contributed by atoms with Crippen molar-refractivity contribution in [2.24, 2.45) is 7.05 Å². The summed E-state index contributed by atoms with van der Waals surface area (Å²) in [4.78, 5) is 0. The summed E-state index contributed by atoms with van der Waals surface area (Å²) in [6.45, 7) is 2.48. The van der Waals surface area contributed by atoms with Crippen LogP contribution >= 0.6 is 28.1 Å². The number of aryl methyl sites for hydroxylation is 1. The van der Waals surface area contributed by atoms with Crippen molar-refractivity contribution in [1.82, 2.24) is 19.6 Å². The molecule has 25 heavy (non-hydrogen) atoms. The van der Waals surface area contributed by atoms with E-state index in [9.17, 15) is 4.39 Å². The molecule has 2 aromatic heterocycles. The first kappa shape index (κ1) is 17.6. The molecule has 0 radical (unpaired) electrons. The van der Waals surface area contributed by atoms with E-state index in [1.54, 1.807) is 27.7 Å². The summed E-state index contributed by atoms with van der Waals surface area (Å²) in [7, 11) is 1.87. The molecule has 0 unspecified atom stereocenters. The summed E-state index contributed by atoms with van der Waals surface area (Å²) in [5, 5.41) is 15.2. The fraction of sp³-hybridized carbons (Fsp3) is 0.188. The Morgan fingerprint density at radius 3 is 2.64 bits per heavy atom. The number of anilines is 2. The molecular formula is C16H16BrFN6S. The lowest BCUT2D eigenvalue weighted by atomic mass is 10.2. The second-order valence-electron chi connectivity index (χ2n) is 5.50. The number of rotatable bonds is 4. The zero-order chi connectivity index (χ0) is 18.0. The van der Waals surface area contributed by atoms with Crippen LogP contribution < -0.4 is 10.6 Å². The average molecular weight is 423 g/mol. The Labute approximate surface area is 158 Å². The topological polar surface area (TPSA) is 59.7 Å². The van der Waals surface area contributed by atoms with Crippen LogP contribution in [0.3, 0.4) is 0 Å². The van der Waals surface area contributed by atoms with E-state index in [0.29, 0.717) is 17.5 Å². The van der Waals surface area contributed by atoms with E-state index in [-0.39, 0.29) is 5.82 Å². The van der Waals surface area contributed by atoms with E-state index < -0.39 is 0 Å². The molecule has 0 aliphatic carbocycles. The van der Waals surface area contributed by atoms with Gasteiger partial charge in [-0.05, 0) is 52.8 Å². The molecule has 0 atom stereocenters. The lowest BCUT2D eigenvalue weighted by Gasteiger charge is -2.08. The van der Waals surface area contributed by atoms with E-state index in [4.69, 9.17) is 12.2 Å². The molecule has 2 N–H and O–H groups in total. The van der Waals surface area contributed by atoms with Gasteiger partial charge in [0.15, 0.2) is 10.9 Å². The van der Waals surface area contributed by atoms with Gasteiger partial charge in [0.25, 0.3) is 0 Å². The zero-order valence-electron chi connectivity index (χ0n) is 13.6. The van der Waals surface area contributed by atoms with Gasteiger partial charge in [0.2, 0.25) is 0 Å². The van der Waals surface area contributed by atoms with Gasteiger partial charge in [0.05, 0.1) is 28.6 Å². The first-order valence-corrected chi connectivity index (χ1v) is 8.66. The minimum atomic E-state index is -0.255. The molecular weight excluding hydrogens is 407 g/mol. The van der Waals surface area contributed by atoms with Crippen LogP contribution in [-0.2, 0) is 13.6 Å². The van der Waals surface area contributed by atoms with Crippen molar-refractivity contribution in [3.05, 3.63) is 58.2 Å². The van der Waals surface area contributed by atoms with Crippen molar-refractivity contribution in [3.63, 3.8) is 0 Å². The second kappa shape index (κ2) is 7.32. The van der Waals surface area contributed by atoms with Gasteiger partial charge in [-0.25, -0.2) is 4.39 Å². The van der Waals surface area contributed by atoms with Crippen LogP contribution in [-0.4, -0.2) is 24.7 Å². The standard InChI is InChI=1S/C16H16BrFN6S/c1-10-14(7-19-23(10)2)20-16(25)21-15-13(17)9-24(22-15)8-11-3-5-12(18)6-4-11/h3-7,9H,8H2,1-2H3,(H2,20,21,22,25). The highest BCUT2D eigenvalue weighted by atomic mass is 79.9. The summed E-state index contributed by atoms with van der Waals surface area (Å²) in [5.74, 6) is 0.344. The van der Waals surface area contributed by atoms with Gasteiger partial charge in [-0.1, -0.05) is 12.1 Å². The van der Waals surface area contributed by atoms with Crippen molar-refractivity contribution in [2.45, 2.75) is 13.5 Å². The first-order valence-electron chi connectivity index (χ1n) is 7.46.